The van der Waals surface area contributed by atoms with Gasteiger partial charge in [-0.15, -0.1) is 0 Å². The van der Waals surface area contributed by atoms with Crippen LogP contribution < -0.4 is 0 Å². The van der Waals surface area contributed by atoms with Gasteiger partial charge in [-0.05, 0) is 0 Å². The van der Waals surface area contributed by atoms with Gasteiger partial charge in [0.2, 0.25) is 0 Å². The monoisotopic (exact) mass is 112 g/mol. The van der Waals surface area contributed by atoms with Crippen molar-refractivity contribution in [3.63, 3.8) is 0 Å². The van der Waals surface area contributed by atoms with Crippen molar-refractivity contribution in [2.45, 2.75) is 0 Å². The van der Waals surface area contributed by atoms with E-state index in [0.29, 0.717) is 6.61 Å². The van der Waals surface area contributed by atoms with Gasteiger partial charge in [0.15, 0.2) is 0 Å². The van der Waals surface area contributed by atoms with Gasteiger partial charge in [0, 0.05) is 33.2 Å². The Morgan fingerprint density at radius 1 is 1.75 bits per heavy atom. The van der Waals surface area contributed by atoms with Crippen LogP contribution in [0.2, 0.25) is 0 Å². The topological polar surface area (TPSA) is 12.5 Å². The number of nitrogens with zero attached hydrogens (tertiary/aromatic N) is 1. The van der Waals surface area contributed by atoms with E-state index in [1.165, 1.54) is 0 Å². The Kier molecular flexibility index (Phi) is 4.10. The highest BCUT2D eigenvalue weighted by molar-refractivity contribution is 4.72. The molecule has 0 aliphatic rings. The van der Waals surface area contributed by atoms with E-state index in [0.717, 1.165) is 6.54 Å². The molecule has 0 atom stereocenters. The number of methoxy groups -OCH3 is 1. The average Bonchev–Trinajstić information content (AvgIpc) is 1.83. The summed E-state index contributed by atoms with van der Waals surface area (Å²) in [5, 5.41) is 0. The van der Waals surface area contributed by atoms with E-state index in [4.69, 9.17) is 11.2 Å². The van der Waals surface area contributed by atoms with Gasteiger partial charge in [0.25, 0.3) is 0 Å². The third kappa shape index (κ3) is 3.51. The molecule has 0 aromatic carbocycles. The minimum atomic E-state index is 0.655. The molecule has 0 aliphatic heterocycles. The van der Waals surface area contributed by atoms with Crippen LogP contribution in [0.25, 0.3) is 0 Å². The van der Waals surface area contributed by atoms with Crippen LogP contribution in [0.15, 0.2) is 0 Å². The Morgan fingerprint density at radius 2 is 2.38 bits per heavy atom. The molecule has 2 heteroatoms. The van der Waals surface area contributed by atoms with E-state index >= 15 is 0 Å². The summed E-state index contributed by atoms with van der Waals surface area (Å²) >= 11 is 0. The zero-order valence-electron chi connectivity index (χ0n) is 5.27. The summed E-state index contributed by atoms with van der Waals surface area (Å²) in [6.45, 7) is 1.39. The summed E-state index contributed by atoms with van der Waals surface area (Å²) in [6.07, 6.45) is 6.61. The van der Waals surface area contributed by atoms with Crippen molar-refractivity contribution in [1.29, 1.82) is 0 Å². The maximum Gasteiger partial charge on any atom is 0.0644 e. The van der Waals surface area contributed by atoms with Gasteiger partial charge in [-0.2, -0.15) is 0 Å². The van der Waals surface area contributed by atoms with Crippen LogP contribution in [-0.2, 0) is 4.74 Å². The van der Waals surface area contributed by atoms with Crippen LogP contribution in [0, 0.1) is 12.5 Å². The summed E-state index contributed by atoms with van der Waals surface area (Å²) in [6, 6.07) is 2.20. The molecule has 8 heavy (non-hydrogen) atoms. The first-order chi connectivity index (χ1) is 3.81. The molecule has 0 unspecified atom stereocenters. The fourth-order valence-corrected chi connectivity index (χ4v) is 0.284. The van der Waals surface area contributed by atoms with Gasteiger partial charge in [-0.25, -0.2) is 0 Å². The van der Waals surface area contributed by atoms with Crippen molar-refractivity contribution in [2.75, 3.05) is 27.3 Å². The Labute approximate surface area is 50.4 Å². The Morgan fingerprint density at radius 3 is 2.75 bits per heavy atom. The molecular weight excluding hydrogens is 102 g/mol. The van der Waals surface area contributed by atoms with Crippen LogP contribution in [0.3, 0.4) is 0 Å². The van der Waals surface area contributed by atoms with Crippen molar-refractivity contribution in [3.05, 3.63) is 6.42 Å². The van der Waals surface area contributed by atoms with Crippen LogP contribution in [0.4, 0.5) is 0 Å². The van der Waals surface area contributed by atoms with Gasteiger partial charge < -0.3 is 9.64 Å². The molecule has 0 heterocycles. The highest BCUT2D eigenvalue weighted by atomic mass is 16.5. The van der Waals surface area contributed by atoms with E-state index in [2.05, 4.69) is 6.04 Å². The SMILES string of the molecule is [C]#CN(C)CCOC. The van der Waals surface area contributed by atoms with Gasteiger partial charge in [-0.3, -0.25) is 0 Å². The molecule has 0 aliphatic carbocycles. The minimum Gasteiger partial charge on any atom is -0.383 e. The summed E-state index contributed by atoms with van der Waals surface area (Å²) < 4.78 is 4.75. The first-order valence-corrected chi connectivity index (χ1v) is 2.43. The van der Waals surface area contributed by atoms with E-state index in [1.54, 1.807) is 19.1 Å². The maximum atomic E-state index is 6.61. The molecule has 0 amide bonds. The van der Waals surface area contributed by atoms with Crippen LogP contribution in [0.1, 0.15) is 0 Å². The molecule has 0 saturated carbocycles. The number of hydrogen-bond acceptors (Lipinski definition) is 2. The second-order valence-electron chi connectivity index (χ2n) is 1.53. The lowest BCUT2D eigenvalue weighted by atomic mass is 10.6. The number of ether oxygens (including phenoxy) is 1. The van der Waals surface area contributed by atoms with Gasteiger partial charge in [-0.1, -0.05) is 0 Å². The maximum absolute atomic E-state index is 6.61. The standard InChI is InChI=1S/C6H10NO/c1-4-7(2)5-6-8-3/h5-6H2,2-3H3. The summed E-state index contributed by atoms with van der Waals surface area (Å²) in [5.74, 6) is 0. The van der Waals surface area contributed by atoms with Gasteiger partial charge in [0.1, 0.15) is 0 Å². The van der Waals surface area contributed by atoms with E-state index in [1.807, 2.05) is 0 Å². The molecular formula is C6H10NO. The van der Waals surface area contributed by atoms with Gasteiger partial charge in [0.05, 0.1) is 6.61 Å². The second-order valence-corrected chi connectivity index (χ2v) is 1.53. The number of hydrogen-bond donors (Lipinski definition) is 0. The normalized spacial score (nSPS) is 8.12. The first kappa shape index (κ1) is 7.32. The predicted molar refractivity (Wildman–Crippen MR) is 31.6 cm³/mol. The molecule has 1 radical (unpaired) electrons. The largest absolute Gasteiger partial charge is 0.383 e. The smallest absolute Gasteiger partial charge is 0.0644 e. The van der Waals surface area contributed by atoms with Crippen molar-refractivity contribution in [1.82, 2.24) is 4.90 Å². The van der Waals surface area contributed by atoms with Crippen LogP contribution in [-0.4, -0.2) is 32.2 Å². The Bertz CT molecular complexity index is 85.0. The molecule has 0 fully saturated rings. The zero-order valence-corrected chi connectivity index (χ0v) is 5.27. The van der Waals surface area contributed by atoms with Crippen LogP contribution >= 0.6 is 0 Å². The molecule has 0 aromatic rings. The molecule has 2 nitrogen and oxygen atoms in total. The highest BCUT2D eigenvalue weighted by Gasteiger charge is 1.86. The molecule has 0 bridgehead atoms. The molecule has 0 spiro atoms. The highest BCUT2D eigenvalue weighted by Crippen LogP contribution is 1.75. The lowest BCUT2D eigenvalue weighted by Gasteiger charge is -2.07. The molecule has 0 N–H and O–H groups in total. The fraction of sp³-hybridized carbons (Fsp3) is 0.667. The minimum absolute atomic E-state index is 0.655. The van der Waals surface area contributed by atoms with E-state index < -0.39 is 0 Å². The third-order valence-corrected chi connectivity index (χ3v) is 0.822. The van der Waals surface area contributed by atoms with Crippen molar-refractivity contribution >= 4 is 0 Å². The molecule has 0 aromatic heterocycles. The van der Waals surface area contributed by atoms with E-state index in [9.17, 15) is 0 Å². The van der Waals surface area contributed by atoms with Crippen LogP contribution in [0.5, 0.6) is 0 Å². The lowest BCUT2D eigenvalue weighted by Crippen LogP contribution is -2.16. The zero-order chi connectivity index (χ0) is 6.41. The fourth-order valence-electron chi connectivity index (χ4n) is 0.284. The molecule has 0 rings (SSSR count). The second kappa shape index (κ2) is 4.48. The average molecular weight is 112 g/mol. The van der Waals surface area contributed by atoms with Crippen molar-refractivity contribution in [3.8, 4) is 6.04 Å². The van der Waals surface area contributed by atoms with Crippen molar-refractivity contribution in [2.24, 2.45) is 0 Å². The molecule has 0 saturated heterocycles. The Hall–Kier alpha value is -0.680. The van der Waals surface area contributed by atoms with Crippen molar-refractivity contribution < 1.29 is 4.74 Å². The summed E-state index contributed by atoms with van der Waals surface area (Å²) in [7, 11) is 3.42. The third-order valence-electron chi connectivity index (χ3n) is 0.822. The summed E-state index contributed by atoms with van der Waals surface area (Å²) in [5.41, 5.74) is 0. The Balaban J connectivity index is 3.02. The number of likely N-dealkylation sites (N-methyl/N-ethyl adjacent to an activating group) is 1. The predicted octanol–water partition coefficient (Wildman–Crippen LogP) is 0.112. The van der Waals surface area contributed by atoms with E-state index in [-0.39, 0.29) is 0 Å². The lowest BCUT2D eigenvalue weighted by molar-refractivity contribution is 0.180. The quantitative estimate of drug-likeness (QED) is 0.379. The first-order valence-electron chi connectivity index (χ1n) is 2.43. The number of rotatable bonds is 3. The molecule has 45 valence electrons. The van der Waals surface area contributed by atoms with Gasteiger partial charge >= 0.3 is 0 Å². The summed E-state index contributed by atoms with van der Waals surface area (Å²) in [4.78, 5) is 1.63.